The highest BCUT2D eigenvalue weighted by Crippen LogP contribution is 2.17. The van der Waals surface area contributed by atoms with Gasteiger partial charge in [0.1, 0.15) is 0 Å². The zero-order valence-electron chi connectivity index (χ0n) is 5.84. The number of rotatable bonds is 0. The maximum absolute atomic E-state index is 5.81. The molecule has 1 radical (unpaired) electrons. The average molecular weight is 162 g/mol. The van der Waals surface area contributed by atoms with Gasteiger partial charge in [0, 0.05) is 5.02 Å². The van der Waals surface area contributed by atoms with Crippen molar-refractivity contribution in [2.24, 2.45) is 0 Å². The van der Waals surface area contributed by atoms with Gasteiger partial charge in [0.25, 0.3) is 0 Å². The Kier molecular flexibility index (Phi) is 1.55. The molecule has 0 aliphatic carbocycles. The summed E-state index contributed by atoms with van der Waals surface area (Å²) in [6.07, 6.45) is 0. The number of hydrogen-bond acceptors (Lipinski definition) is 0. The van der Waals surface area contributed by atoms with Crippen LogP contribution in [-0.4, -0.2) is 0 Å². The van der Waals surface area contributed by atoms with Gasteiger partial charge in [-0.2, -0.15) is 0 Å². The van der Waals surface area contributed by atoms with E-state index in [9.17, 15) is 0 Å². The first-order valence-electron chi connectivity index (χ1n) is 3.42. The van der Waals surface area contributed by atoms with E-state index in [-0.39, 0.29) is 0 Å². The van der Waals surface area contributed by atoms with Crippen LogP contribution in [0.15, 0.2) is 36.4 Å². The third-order valence-electron chi connectivity index (χ3n) is 1.65. The van der Waals surface area contributed by atoms with Crippen molar-refractivity contribution in [2.75, 3.05) is 0 Å². The zero-order valence-corrected chi connectivity index (χ0v) is 6.60. The van der Waals surface area contributed by atoms with E-state index in [2.05, 4.69) is 6.07 Å². The Bertz CT molecular complexity index is 379. The lowest BCUT2D eigenvalue weighted by molar-refractivity contribution is 1.74. The SMILES string of the molecule is Clc1ccc2c[c]ccc2c1. The van der Waals surface area contributed by atoms with Crippen molar-refractivity contribution in [1.82, 2.24) is 0 Å². The molecule has 0 aliphatic rings. The number of fused-ring (bicyclic) bond motifs is 1. The molecule has 11 heavy (non-hydrogen) atoms. The quantitative estimate of drug-likeness (QED) is 0.556. The van der Waals surface area contributed by atoms with Crippen molar-refractivity contribution in [2.45, 2.75) is 0 Å². The first-order chi connectivity index (χ1) is 5.36. The largest absolute Gasteiger partial charge is 0.0843 e. The molecule has 2 aromatic carbocycles. The van der Waals surface area contributed by atoms with Crippen molar-refractivity contribution in [3.05, 3.63) is 47.5 Å². The van der Waals surface area contributed by atoms with Crippen LogP contribution < -0.4 is 0 Å². The number of halogens is 1. The van der Waals surface area contributed by atoms with Crippen LogP contribution in [0, 0.1) is 6.07 Å². The second kappa shape index (κ2) is 2.55. The summed E-state index contributed by atoms with van der Waals surface area (Å²) in [7, 11) is 0. The maximum Gasteiger partial charge on any atom is 0.0412 e. The molecule has 1 heteroatoms. The zero-order chi connectivity index (χ0) is 7.68. The summed E-state index contributed by atoms with van der Waals surface area (Å²) < 4.78 is 0. The number of benzene rings is 2. The summed E-state index contributed by atoms with van der Waals surface area (Å²) in [5.41, 5.74) is 0. The Morgan fingerprint density at radius 1 is 1.09 bits per heavy atom. The predicted octanol–water partition coefficient (Wildman–Crippen LogP) is 3.29. The van der Waals surface area contributed by atoms with Crippen LogP contribution in [0.4, 0.5) is 0 Å². The minimum atomic E-state index is 0.781. The van der Waals surface area contributed by atoms with Gasteiger partial charge < -0.3 is 0 Å². The normalized spacial score (nSPS) is 10.3. The molecule has 0 aliphatic heterocycles. The molecule has 0 saturated carbocycles. The molecule has 0 unspecified atom stereocenters. The minimum absolute atomic E-state index is 0.781. The second-order valence-electron chi connectivity index (χ2n) is 2.42. The lowest BCUT2D eigenvalue weighted by Crippen LogP contribution is -1.70. The molecule has 0 nitrogen and oxygen atoms in total. The van der Waals surface area contributed by atoms with E-state index in [1.54, 1.807) is 0 Å². The Balaban J connectivity index is 2.83. The van der Waals surface area contributed by atoms with Crippen LogP contribution in [0.3, 0.4) is 0 Å². The fourth-order valence-corrected chi connectivity index (χ4v) is 1.28. The Labute approximate surface area is 70.4 Å². The highest BCUT2D eigenvalue weighted by atomic mass is 35.5. The van der Waals surface area contributed by atoms with E-state index in [1.807, 2.05) is 36.4 Å². The molecule has 0 amide bonds. The fraction of sp³-hybridized carbons (Fsp3) is 0. The minimum Gasteiger partial charge on any atom is -0.0843 e. The van der Waals surface area contributed by atoms with E-state index < -0.39 is 0 Å². The van der Waals surface area contributed by atoms with E-state index in [4.69, 9.17) is 11.6 Å². The maximum atomic E-state index is 5.81. The molecule has 0 N–H and O–H groups in total. The van der Waals surface area contributed by atoms with Crippen molar-refractivity contribution in [3.63, 3.8) is 0 Å². The Morgan fingerprint density at radius 3 is 2.91 bits per heavy atom. The lowest BCUT2D eigenvalue weighted by atomic mass is 10.1. The van der Waals surface area contributed by atoms with Gasteiger partial charge in [0.2, 0.25) is 0 Å². The highest BCUT2D eigenvalue weighted by Gasteiger charge is 1.91. The summed E-state index contributed by atoms with van der Waals surface area (Å²) >= 11 is 5.81. The average Bonchev–Trinajstić information content (AvgIpc) is 2.04. The van der Waals surface area contributed by atoms with Crippen molar-refractivity contribution < 1.29 is 0 Å². The molecule has 0 aromatic heterocycles. The number of hydrogen-bond donors (Lipinski definition) is 0. The van der Waals surface area contributed by atoms with Crippen molar-refractivity contribution in [1.29, 1.82) is 0 Å². The monoisotopic (exact) mass is 161 g/mol. The van der Waals surface area contributed by atoms with Crippen molar-refractivity contribution >= 4 is 22.4 Å². The topological polar surface area (TPSA) is 0 Å². The van der Waals surface area contributed by atoms with Crippen LogP contribution in [0.5, 0.6) is 0 Å². The van der Waals surface area contributed by atoms with E-state index in [1.165, 1.54) is 5.39 Å². The first kappa shape index (κ1) is 6.68. The third kappa shape index (κ3) is 1.22. The summed E-state index contributed by atoms with van der Waals surface area (Å²) in [5.74, 6) is 0. The molecule has 0 atom stereocenters. The molecule has 53 valence electrons. The van der Waals surface area contributed by atoms with Crippen LogP contribution in [-0.2, 0) is 0 Å². The second-order valence-corrected chi connectivity index (χ2v) is 2.85. The summed E-state index contributed by atoms with van der Waals surface area (Å²) in [4.78, 5) is 0. The van der Waals surface area contributed by atoms with Crippen LogP contribution >= 0.6 is 11.6 Å². The molecule has 2 aromatic rings. The summed E-state index contributed by atoms with van der Waals surface area (Å²) in [5, 5.41) is 3.12. The van der Waals surface area contributed by atoms with Gasteiger partial charge >= 0.3 is 0 Å². The van der Waals surface area contributed by atoms with Gasteiger partial charge in [-0.3, -0.25) is 0 Å². The molecular weight excluding hydrogens is 156 g/mol. The predicted molar refractivity (Wildman–Crippen MR) is 47.8 cm³/mol. The van der Waals surface area contributed by atoms with Gasteiger partial charge in [-0.15, -0.1) is 0 Å². The third-order valence-corrected chi connectivity index (χ3v) is 1.88. The smallest absolute Gasteiger partial charge is 0.0412 e. The molecule has 0 fully saturated rings. The van der Waals surface area contributed by atoms with E-state index in [0.717, 1.165) is 10.4 Å². The van der Waals surface area contributed by atoms with Crippen LogP contribution in [0.2, 0.25) is 5.02 Å². The van der Waals surface area contributed by atoms with Gasteiger partial charge in [-0.05, 0) is 35.0 Å². The van der Waals surface area contributed by atoms with Crippen LogP contribution in [0.1, 0.15) is 0 Å². The molecular formula is C10H6Cl. The molecule has 0 bridgehead atoms. The lowest BCUT2D eigenvalue weighted by Gasteiger charge is -1.95. The Morgan fingerprint density at radius 2 is 2.00 bits per heavy atom. The molecule has 0 heterocycles. The van der Waals surface area contributed by atoms with Gasteiger partial charge in [-0.25, -0.2) is 0 Å². The van der Waals surface area contributed by atoms with E-state index in [0.29, 0.717) is 0 Å². The standard InChI is InChI=1S/C10H6Cl/c11-10-6-5-8-3-1-2-4-9(8)7-10/h2-7H. The fourth-order valence-electron chi connectivity index (χ4n) is 1.10. The van der Waals surface area contributed by atoms with Gasteiger partial charge in [-0.1, -0.05) is 29.8 Å². The van der Waals surface area contributed by atoms with E-state index >= 15 is 0 Å². The van der Waals surface area contributed by atoms with Crippen LogP contribution in [0.25, 0.3) is 10.8 Å². The van der Waals surface area contributed by atoms with Gasteiger partial charge in [0.05, 0.1) is 0 Å². The molecule has 2 rings (SSSR count). The van der Waals surface area contributed by atoms with Crippen molar-refractivity contribution in [3.8, 4) is 0 Å². The summed E-state index contributed by atoms with van der Waals surface area (Å²) in [6.45, 7) is 0. The highest BCUT2D eigenvalue weighted by molar-refractivity contribution is 6.31. The first-order valence-corrected chi connectivity index (χ1v) is 3.79. The molecule has 0 spiro atoms. The molecule has 0 saturated heterocycles. The van der Waals surface area contributed by atoms with Gasteiger partial charge in [0.15, 0.2) is 0 Å². The Hall–Kier alpha value is -1.01. The summed E-state index contributed by atoms with van der Waals surface area (Å²) in [6, 6.07) is 14.7.